The van der Waals surface area contributed by atoms with E-state index in [1.54, 1.807) is 0 Å². The smallest absolute Gasteiger partial charge is 0.0965 e. The summed E-state index contributed by atoms with van der Waals surface area (Å²) in [5.41, 5.74) is 3.01. The molecule has 1 aliphatic carbocycles. The van der Waals surface area contributed by atoms with E-state index >= 15 is 0 Å². The number of rotatable bonds is 4. The molecule has 0 unspecified atom stereocenters. The minimum absolute atomic E-state index is 0.573. The fourth-order valence-corrected chi connectivity index (χ4v) is 3.94. The second-order valence-corrected chi connectivity index (χ2v) is 6.10. The Morgan fingerprint density at radius 1 is 1.40 bits per heavy atom. The summed E-state index contributed by atoms with van der Waals surface area (Å²) in [6.07, 6.45) is 2.74. The number of aromatic nitrogens is 1. The van der Waals surface area contributed by atoms with Crippen molar-refractivity contribution in [3.63, 3.8) is 0 Å². The summed E-state index contributed by atoms with van der Waals surface area (Å²) in [5, 5.41) is 2.32. The van der Waals surface area contributed by atoms with E-state index in [-0.39, 0.29) is 0 Å². The summed E-state index contributed by atoms with van der Waals surface area (Å²) in [4.78, 5) is 4.55. The highest BCUT2D eigenvalue weighted by molar-refractivity contribution is 9.09. The van der Waals surface area contributed by atoms with Gasteiger partial charge in [0, 0.05) is 16.8 Å². The van der Waals surface area contributed by atoms with Crippen molar-refractivity contribution in [2.45, 2.75) is 31.7 Å². The van der Waals surface area contributed by atoms with E-state index in [2.05, 4.69) is 46.9 Å². The van der Waals surface area contributed by atoms with Crippen LogP contribution >= 0.6 is 27.7 Å². The molecular weight excluding hydrogens is 270 g/mol. The fraction of sp³-hybridized carbons (Fsp3) is 0.583. The molecule has 1 fully saturated rings. The maximum atomic E-state index is 4.55. The molecule has 0 spiro atoms. The Bertz CT molecular complexity index is 340. The van der Waals surface area contributed by atoms with Gasteiger partial charge in [0.1, 0.15) is 0 Å². The van der Waals surface area contributed by atoms with E-state index in [9.17, 15) is 0 Å². The molecule has 15 heavy (non-hydrogen) atoms. The monoisotopic (exact) mass is 285 g/mol. The van der Waals surface area contributed by atoms with Crippen molar-refractivity contribution in [2.75, 3.05) is 11.1 Å². The Morgan fingerprint density at radius 3 is 2.67 bits per heavy atom. The van der Waals surface area contributed by atoms with E-state index in [4.69, 9.17) is 0 Å². The van der Waals surface area contributed by atoms with Gasteiger partial charge in [-0.05, 0) is 49.8 Å². The zero-order chi connectivity index (χ0) is 10.9. The van der Waals surface area contributed by atoms with Gasteiger partial charge in [0.2, 0.25) is 0 Å². The van der Waals surface area contributed by atoms with Crippen LogP contribution in [0.1, 0.15) is 24.1 Å². The van der Waals surface area contributed by atoms with E-state index in [1.807, 2.05) is 11.8 Å². The van der Waals surface area contributed by atoms with Crippen LogP contribution in [0.5, 0.6) is 0 Å². The minimum Gasteiger partial charge on any atom is -0.247 e. The average Bonchev–Trinajstić information content (AvgIpc) is 2.94. The third-order valence-electron chi connectivity index (χ3n) is 2.84. The Balaban J connectivity index is 1.99. The van der Waals surface area contributed by atoms with Crippen molar-refractivity contribution in [2.24, 2.45) is 5.41 Å². The molecule has 0 amide bonds. The molecule has 0 aromatic carbocycles. The molecule has 1 aromatic heterocycles. The molecule has 1 nitrogen and oxygen atoms in total. The van der Waals surface area contributed by atoms with Gasteiger partial charge in [-0.1, -0.05) is 15.9 Å². The zero-order valence-corrected chi connectivity index (χ0v) is 11.6. The lowest BCUT2D eigenvalue weighted by Crippen LogP contribution is -2.05. The van der Waals surface area contributed by atoms with Gasteiger partial charge in [0.05, 0.1) is 5.03 Å². The van der Waals surface area contributed by atoms with Crippen LogP contribution in [0.25, 0.3) is 0 Å². The van der Waals surface area contributed by atoms with Crippen LogP contribution in [-0.2, 0) is 0 Å². The third kappa shape index (κ3) is 2.97. The van der Waals surface area contributed by atoms with Crippen LogP contribution in [0.2, 0.25) is 0 Å². The SMILES string of the molecule is Cc1cc(C)nc(SCC2(CBr)CC2)c1. The molecule has 0 bridgehead atoms. The van der Waals surface area contributed by atoms with E-state index in [0.29, 0.717) is 5.41 Å². The fourth-order valence-electron chi connectivity index (χ4n) is 1.60. The van der Waals surface area contributed by atoms with Crippen molar-refractivity contribution in [3.8, 4) is 0 Å². The maximum absolute atomic E-state index is 4.55. The number of aryl methyl sites for hydroxylation is 2. The van der Waals surface area contributed by atoms with Gasteiger partial charge in [-0.3, -0.25) is 0 Å². The van der Waals surface area contributed by atoms with Crippen LogP contribution in [0.4, 0.5) is 0 Å². The number of nitrogens with zero attached hydrogens (tertiary/aromatic N) is 1. The summed E-state index contributed by atoms with van der Waals surface area (Å²) in [6, 6.07) is 4.31. The second kappa shape index (κ2) is 4.46. The molecule has 1 heterocycles. The van der Waals surface area contributed by atoms with Gasteiger partial charge in [0.15, 0.2) is 0 Å². The highest BCUT2D eigenvalue weighted by Gasteiger charge is 2.41. The van der Waals surface area contributed by atoms with Crippen molar-refractivity contribution >= 4 is 27.7 Å². The van der Waals surface area contributed by atoms with E-state index in [1.165, 1.54) is 29.2 Å². The van der Waals surface area contributed by atoms with Crippen LogP contribution in [0.15, 0.2) is 17.2 Å². The van der Waals surface area contributed by atoms with Crippen molar-refractivity contribution in [1.82, 2.24) is 4.98 Å². The van der Waals surface area contributed by atoms with Gasteiger partial charge in [-0.25, -0.2) is 4.98 Å². The predicted molar refractivity (Wildman–Crippen MR) is 69.9 cm³/mol. The van der Waals surface area contributed by atoms with Crippen molar-refractivity contribution in [1.29, 1.82) is 0 Å². The minimum atomic E-state index is 0.573. The number of hydrogen-bond donors (Lipinski definition) is 0. The number of alkyl halides is 1. The third-order valence-corrected chi connectivity index (χ3v) is 5.29. The standard InChI is InChI=1S/C12H16BrNS/c1-9-5-10(2)14-11(6-9)15-8-12(7-13)3-4-12/h5-6H,3-4,7-8H2,1-2H3. The van der Waals surface area contributed by atoms with Crippen molar-refractivity contribution in [3.05, 3.63) is 23.4 Å². The number of halogens is 1. The molecule has 3 heteroatoms. The quantitative estimate of drug-likeness (QED) is 0.613. The van der Waals surface area contributed by atoms with Gasteiger partial charge in [0.25, 0.3) is 0 Å². The molecule has 1 saturated carbocycles. The summed E-state index contributed by atoms with van der Waals surface area (Å²) in [5.74, 6) is 1.20. The maximum Gasteiger partial charge on any atom is 0.0965 e. The summed E-state index contributed by atoms with van der Waals surface area (Å²) in [7, 11) is 0. The predicted octanol–water partition coefficient (Wildman–Crippen LogP) is 3.97. The first kappa shape index (κ1) is 11.5. The van der Waals surface area contributed by atoms with Crippen molar-refractivity contribution < 1.29 is 0 Å². The van der Waals surface area contributed by atoms with Gasteiger partial charge < -0.3 is 0 Å². The normalized spacial score (nSPS) is 17.8. The first-order valence-corrected chi connectivity index (χ1v) is 7.38. The lowest BCUT2D eigenvalue weighted by Gasteiger charge is -2.10. The molecular formula is C12H16BrNS. The molecule has 0 radical (unpaired) electrons. The molecule has 82 valence electrons. The number of hydrogen-bond acceptors (Lipinski definition) is 2. The van der Waals surface area contributed by atoms with E-state index < -0.39 is 0 Å². The largest absolute Gasteiger partial charge is 0.247 e. The summed E-state index contributed by atoms with van der Waals surface area (Å²) in [6.45, 7) is 4.20. The molecule has 0 saturated heterocycles. The topological polar surface area (TPSA) is 12.9 Å². The Morgan fingerprint density at radius 2 is 2.13 bits per heavy atom. The number of pyridine rings is 1. The van der Waals surface area contributed by atoms with Crippen LogP contribution in [0.3, 0.4) is 0 Å². The molecule has 0 atom stereocenters. The first-order chi connectivity index (χ1) is 7.13. The van der Waals surface area contributed by atoms with Gasteiger partial charge in [-0.2, -0.15) is 0 Å². The lowest BCUT2D eigenvalue weighted by atomic mass is 10.2. The van der Waals surface area contributed by atoms with Gasteiger partial charge in [-0.15, -0.1) is 11.8 Å². The lowest BCUT2D eigenvalue weighted by molar-refractivity contribution is 0.685. The van der Waals surface area contributed by atoms with Crippen LogP contribution < -0.4 is 0 Å². The Kier molecular flexibility index (Phi) is 3.41. The molecule has 0 aliphatic heterocycles. The summed E-state index contributed by atoms with van der Waals surface area (Å²) < 4.78 is 0. The van der Waals surface area contributed by atoms with E-state index in [0.717, 1.165) is 11.0 Å². The number of thioether (sulfide) groups is 1. The second-order valence-electron chi connectivity index (χ2n) is 4.55. The molecule has 1 aliphatic rings. The van der Waals surface area contributed by atoms with Gasteiger partial charge >= 0.3 is 0 Å². The molecule has 2 rings (SSSR count). The Hall–Kier alpha value is -0.0200. The highest BCUT2D eigenvalue weighted by atomic mass is 79.9. The Labute approximate surface area is 104 Å². The molecule has 1 aromatic rings. The zero-order valence-electron chi connectivity index (χ0n) is 9.22. The van der Waals surface area contributed by atoms with Crippen LogP contribution in [-0.4, -0.2) is 16.1 Å². The first-order valence-electron chi connectivity index (χ1n) is 5.28. The summed E-state index contributed by atoms with van der Waals surface area (Å²) >= 11 is 5.50. The van der Waals surface area contributed by atoms with Crippen LogP contribution in [0, 0.1) is 19.3 Å². The highest BCUT2D eigenvalue weighted by Crippen LogP contribution is 2.50. The average molecular weight is 286 g/mol. The molecule has 0 N–H and O–H groups in total.